The van der Waals surface area contributed by atoms with Gasteiger partial charge in [-0.1, -0.05) is 17.2 Å². The summed E-state index contributed by atoms with van der Waals surface area (Å²) in [7, 11) is 0. The molecule has 0 spiro atoms. The number of nitrogens with one attached hydrogen (secondary N) is 1. The molecule has 0 aliphatic carbocycles. The first kappa shape index (κ1) is 13.3. The van der Waals surface area contributed by atoms with Crippen LogP contribution in [-0.2, 0) is 4.79 Å². The minimum absolute atomic E-state index is 0.0789. The molecule has 0 heterocycles. The zero-order valence-corrected chi connectivity index (χ0v) is 10.2. The molecule has 1 rings (SSSR count). The molecule has 0 aromatic heterocycles. The van der Waals surface area contributed by atoms with Crippen molar-refractivity contribution >= 4 is 29.2 Å². The fourth-order valence-electron chi connectivity index (χ4n) is 1.18. The van der Waals surface area contributed by atoms with Crippen molar-refractivity contribution in [2.24, 2.45) is 0 Å². The van der Waals surface area contributed by atoms with Crippen molar-refractivity contribution < 1.29 is 14.7 Å². The average molecular weight is 254 g/mol. The maximum absolute atomic E-state index is 11.4. The number of carbonyl (C=O) groups is 2. The second-order valence-electron chi connectivity index (χ2n) is 3.71. The van der Waals surface area contributed by atoms with E-state index >= 15 is 0 Å². The van der Waals surface area contributed by atoms with Crippen molar-refractivity contribution in [2.75, 3.05) is 5.32 Å². The Bertz CT molecular complexity index is 491. The zero-order chi connectivity index (χ0) is 13.0. The summed E-state index contributed by atoms with van der Waals surface area (Å²) < 4.78 is 0. The lowest BCUT2D eigenvalue weighted by molar-refractivity contribution is -0.111. The number of allylic oxidation sites excluding steroid dienone is 1. The molecule has 1 aromatic rings. The normalized spacial score (nSPS) is 9.59. The van der Waals surface area contributed by atoms with E-state index in [-0.39, 0.29) is 16.5 Å². The molecule has 1 aromatic carbocycles. The maximum atomic E-state index is 11.4. The highest BCUT2D eigenvalue weighted by molar-refractivity contribution is 6.34. The van der Waals surface area contributed by atoms with Gasteiger partial charge in [0.1, 0.15) is 0 Å². The number of hydrogen-bond acceptors (Lipinski definition) is 2. The lowest BCUT2D eigenvalue weighted by atomic mass is 10.2. The highest BCUT2D eigenvalue weighted by Crippen LogP contribution is 2.23. The third kappa shape index (κ3) is 3.92. The minimum Gasteiger partial charge on any atom is -0.478 e. The Morgan fingerprint density at radius 1 is 1.35 bits per heavy atom. The predicted molar refractivity (Wildman–Crippen MR) is 66.5 cm³/mol. The highest BCUT2D eigenvalue weighted by Gasteiger charge is 2.08. The number of carbonyl (C=O) groups excluding carboxylic acids is 1. The summed E-state index contributed by atoms with van der Waals surface area (Å²) in [5.74, 6) is -1.36. The Kier molecular flexibility index (Phi) is 4.29. The molecular weight excluding hydrogens is 242 g/mol. The minimum atomic E-state index is -1.06. The summed E-state index contributed by atoms with van der Waals surface area (Å²) in [6.07, 6.45) is 1.43. The molecule has 0 saturated heterocycles. The van der Waals surface area contributed by atoms with Crippen LogP contribution in [0.15, 0.2) is 29.8 Å². The molecule has 1 amide bonds. The van der Waals surface area contributed by atoms with E-state index < -0.39 is 5.97 Å². The maximum Gasteiger partial charge on any atom is 0.335 e. The molecule has 17 heavy (non-hydrogen) atoms. The van der Waals surface area contributed by atoms with Gasteiger partial charge in [-0.3, -0.25) is 4.79 Å². The van der Waals surface area contributed by atoms with Crippen molar-refractivity contribution in [3.63, 3.8) is 0 Å². The number of aromatic carboxylic acids is 1. The van der Waals surface area contributed by atoms with Crippen LogP contribution in [0.4, 0.5) is 5.69 Å². The van der Waals surface area contributed by atoms with Gasteiger partial charge in [-0.05, 0) is 32.0 Å². The second kappa shape index (κ2) is 5.50. The molecule has 0 fully saturated rings. The molecule has 0 saturated carbocycles. The summed E-state index contributed by atoms with van der Waals surface area (Å²) in [5.41, 5.74) is 1.33. The third-order valence-corrected chi connectivity index (χ3v) is 2.21. The summed E-state index contributed by atoms with van der Waals surface area (Å²) >= 11 is 5.86. The van der Waals surface area contributed by atoms with Crippen molar-refractivity contribution in [1.82, 2.24) is 0 Å². The molecule has 90 valence electrons. The van der Waals surface area contributed by atoms with Gasteiger partial charge >= 0.3 is 5.97 Å². The van der Waals surface area contributed by atoms with E-state index in [4.69, 9.17) is 16.7 Å². The molecule has 0 unspecified atom stereocenters. The van der Waals surface area contributed by atoms with Crippen molar-refractivity contribution in [3.05, 3.63) is 40.4 Å². The smallest absolute Gasteiger partial charge is 0.335 e. The van der Waals surface area contributed by atoms with Gasteiger partial charge in [0, 0.05) is 6.08 Å². The fraction of sp³-hybridized carbons (Fsp3) is 0.167. The molecule has 2 N–H and O–H groups in total. The van der Waals surface area contributed by atoms with Gasteiger partial charge in [0.25, 0.3) is 0 Å². The fourth-order valence-corrected chi connectivity index (χ4v) is 1.41. The first-order valence-electron chi connectivity index (χ1n) is 4.89. The first-order chi connectivity index (χ1) is 7.90. The molecule has 0 atom stereocenters. The van der Waals surface area contributed by atoms with Gasteiger partial charge in [-0.15, -0.1) is 0 Å². The van der Waals surface area contributed by atoms with Gasteiger partial charge < -0.3 is 10.4 Å². The van der Waals surface area contributed by atoms with Crippen LogP contribution in [0.25, 0.3) is 0 Å². The van der Waals surface area contributed by atoms with Crippen LogP contribution in [0.5, 0.6) is 0 Å². The van der Waals surface area contributed by atoms with E-state index in [0.29, 0.717) is 5.69 Å². The van der Waals surface area contributed by atoms with Crippen LogP contribution in [0, 0.1) is 0 Å². The number of anilines is 1. The lowest BCUT2D eigenvalue weighted by Gasteiger charge is -2.06. The van der Waals surface area contributed by atoms with Crippen LogP contribution >= 0.6 is 11.6 Å². The summed E-state index contributed by atoms with van der Waals surface area (Å²) in [5, 5.41) is 11.5. The largest absolute Gasteiger partial charge is 0.478 e. The van der Waals surface area contributed by atoms with Gasteiger partial charge in [-0.25, -0.2) is 4.79 Å². The first-order valence-corrected chi connectivity index (χ1v) is 5.26. The van der Waals surface area contributed by atoms with E-state index in [2.05, 4.69) is 5.32 Å². The van der Waals surface area contributed by atoms with Crippen LogP contribution in [0.1, 0.15) is 24.2 Å². The quantitative estimate of drug-likeness (QED) is 0.814. The predicted octanol–water partition coefficient (Wildman–Crippen LogP) is 2.94. The van der Waals surface area contributed by atoms with Crippen LogP contribution < -0.4 is 5.32 Å². The Labute approximate surface area is 104 Å². The molecule has 0 radical (unpaired) electrons. The molecular formula is C12H12ClNO3. The Balaban J connectivity index is 2.90. The molecule has 4 nitrogen and oxygen atoms in total. The number of amides is 1. The Morgan fingerprint density at radius 2 is 2.00 bits per heavy atom. The van der Waals surface area contributed by atoms with Crippen molar-refractivity contribution in [3.8, 4) is 0 Å². The number of hydrogen-bond donors (Lipinski definition) is 2. The zero-order valence-electron chi connectivity index (χ0n) is 9.45. The van der Waals surface area contributed by atoms with Crippen molar-refractivity contribution in [1.29, 1.82) is 0 Å². The topological polar surface area (TPSA) is 66.4 Å². The molecule has 0 bridgehead atoms. The highest BCUT2D eigenvalue weighted by atomic mass is 35.5. The average Bonchev–Trinajstić information content (AvgIpc) is 2.19. The molecule has 0 aliphatic heterocycles. The van der Waals surface area contributed by atoms with E-state index in [1.165, 1.54) is 24.3 Å². The van der Waals surface area contributed by atoms with Gasteiger partial charge in [0.2, 0.25) is 5.91 Å². The van der Waals surface area contributed by atoms with E-state index in [9.17, 15) is 9.59 Å². The Morgan fingerprint density at radius 3 is 2.47 bits per heavy atom. The van der Waals surface area contributed by atoms with E-state index in [1.807, 2.05) is 0 Å². The SMILES string of the molecule is CC(C)=CC(=O)Nc1ccc(C(=O)O)cc1Cl. The van der Waals surface area contributed by atoms with Gasteiger partial charge in [-0.2, -0.15) is 0 Å². The molecule has 0 aliphatic rings. The van der Waals surface area contributed by atoms with E-state index in [0.717, 1.165) is 5.57 Å². The Hall–Kier alpha value is -1.81. The van der Waals surface area contributed by atoms with Crippen LogP contribution in [0.2, 0.25) is 5.02 Å². The summed E-state index contributed by atoms with van der Waals surface area (Å²) in [6.45, 7) is 3.60. The lowest BCUT2D eigenvalue weighted by Crippen LogP contribution is -2.09. The number of carboxylic acid groups (broad SMARTS) is 1. The summed E-state index contributed by atoms with van der Waals surface area (Å²) in [4.78, 5) is 22.1. The van der Waals surface area contributed by atoms with Gasteiger partial charge in [0.15, 0.2) is 0 Å². The second-order valence-corrected chi connectivity index (χ2v) is 4.12. The van der Waals surface area contributed by atoms with Gasteiger partial charge in [0.05, 0.1) is 16.3 Å². The number of rotatable bonds is 3. The van der Waals surface area contributed by atoms with Crippen molar-refractivity contribution in [2.45, 2.75) is 13.8 Å². The van der Waals surface area contributed by atoms with Crippen LogP contribution in [0.3, 0.4) is 0 Å². The standard InChI is InChI=1S/C12H12ClNO3/c1-7(2)5-11(15)14-10-4-3-8(12(16)17)6-9(10)13/h3-6H,1-2H3,(H,14,15)(H,16,17). The number of halogens is 1. The molecule has 5 heteroatoms. The number of benzene rings is 1. The summed E-state index contributed by atoms with van der Waals surface area (Å²) in [6, 6.07) is 4.14. The number of carboxylic acids is 1. The van der Waals surface area contributed by atoms with Crippen LogP contribution in [-0.4, -0.2) is 17.0 Å². The third-order valence-electron chi connectivity index (χ3n) is 1.89. The van der Waals surface area contributed by atoms with E-state index in [1.54, 1.807) is 13.8 Å². The monoisotopic (exact) mass is 253 g/mol.